The summed E-state index contributed by atoms with van der Waals surface area (Å²) in [5.41, 5.74) is 2.10. The van der Waals surface area contributed by atoms with E-state index in [-0.39, 0.29) is 17.7 Å². The first-order valence-electron chi connectivity index (χ1n) is 11.2. The van der Waals surface area contributed by atoms with Gasteiger partial charge in [0.2, 0.25) is 0 Å². The summed E-state index contributed by atoms with van der Waals surface area (Å²) in [6.45, 7) is 2.29. The van der Waals surface area contributed by atoms with E-state index in [0.717, 1.165) is 17.7 Å². The van der Waals surface area contributed by atoms with Crippen LogP contribution in [0.4, 0.5) is 0 Å². The van der Waals surface area contributed by atoms with Crippen molar-refractivity contribution in [1.29, 1.82) is 0 Å². The van der Waals surface area contributed by atoms with Gasteiger partial charge < -0.3 is 13.3 Å². The van der Waals surface area contributed by atoms with Crippen molar-refractivity contribution in [2.45, 2.75) is 43.9 Å². The van der Waals surface area contributed by atoms with Gasteiger partial charge in [0.15, 0.2) is 0 Å². The van der Waals surface area contributed by atoms with Crippen molar-refractivity contribution in [2.75, 3.05) is 5.75 Å². The lowest BCUT2D eigenvalue weighted by Gasteiger charge is -2.19. The first-order chi connectivity index (χ1) is 16.6. The van der Waals surface area contributed by atoms with Crippen LogP contribution >= 0.6 is 23.1 Å². The number of thioether (sulfide) groups is 1. The van der Waals surface area contributed by atoms with Crippen molar-refractivity contribution in [2.24, 2.45) is 11.0 Å². The number of hydrogen-bond donors (Lipinski definition) is 0. The normalized spacial score (nSPS) is 19.9. The lowest BCUT2D eigenvalue weighted by Crippen LogP contribution is -2.28. The summed E-state index contributed by atoms with van der Waals surface area (Å²) >= 11 is 2.94. The Hall–Kier alpha value is -3.11. The van der Waals surface area contributed by atoms with E-state index in [2.05, 4.69) is 28.3 Å². The molecule has 2 atom stereocenters. The molecular weight excluding hydrogens is 472 g/mol. The Bertz CT molecular complexity index is 1320. The van der Waals surface area contributed by atoms with Crippen LogP contribution in [0.2, 0.25) is 0 Å². The second-order valence-electron chi connectivity index (χ2n) is 8.57. The molecule has 1 amide bonds. The fourth-order valence-electron chi connectivity index (χ4n) is 4.40. The second kappa shape index (κ2) is 8.92. The zero-order valence-electron chi connectivity index (χ0n) is 18.5. The number of amides is 1. The Kier molecular flexibility index (Phi) is 5.62. The zero-order chi connectivity index (χ0) is 23.1. The van der Waals surface area contributed by atoms with Crippen LogP contribution in [-0.4, -0.2) is 32.6 Å². The maximum atomic E-state index is 13.1. The third-order valence-corrected chi connectivity index (χ3v) is 8.14. The molecule has 174 valence electrons. The van der Waals surface area contributed by atoms with Crippen LogP contribution in [-0.2, 0) is 17.6 Å². The lowest BCUT2D eigenvalue weighted by molar-refractivity contribution is -0.130. The first-order valence-corrected chi connectivity index (χ1v) is 13.0. The molecule has 5 heterocycles. The highest BCUT2D eigenvalue weighted by molar-refractivity contribution is 7.99. The van der Waals surface area contributed by atoms with Gasteiger partial charge in [-0.3, -0.25) is 4.79 Å². The van der Waals surface area contributed by atoms with E-state index in [1.165, 1.54) is 33.6 Å². The highest BCUT2D eigenvalue weighted by Gasteiger charge is 2.35. The number of fused-ring (bicyclic) bond motifs is 1. The molecule has 0 fully saturated rings. The lowest BCUT2D eigenvalue weighted by atomic mass is 9.90. The Morgan fingerprint density at radius 2 is 2.09 bits per heavy atom. The van der Waals surface area contributed by atoms with Crippen molar-refractivity contribution in [3.63, 3.8) is 0 Å². The van der Waals surface area contributed by atoms with Crippen LogP contribution in [0, 0.1) is 5.92 Å². The Balaban J connectivity index is 1.15. The van der Waals surface area contributed by atoms with Crippen molar-refractivity contribution >= 4 is 34.7 Å². The standard InChI is InChI=1S/C24H22N4O4S2/c1-14-6-7-20-15(10-14)11-21(34-20)23-25-26-24(32-23)33-13-22(29)28-17(19-5-3-9-31-19)12-16(27-28)18-4-2-8-30-18/h2-5,8-9,11,14,17H,6-7,10,12-13H2,1H3/t14-,17-/m1/s1. The van der Waals surface area contributed by atoms with Gasteiger partial charge in [0.1, 0.15) is 23.3 Å². The Morgan fingerprint density at radius 1 is 1.21 bits per heavy atom. The number of furan rings is 2. The molecule has 0 spiro atoms. The minimum atomic E-state index is -0.318. The zero-order valence-corrected chi connectivity index (χ0v) is 20.1. The van der Waals surface area contributed by atoms with E-state index in [1.54, 1.807) is 36.0 Å². The van der Waals surface area contributed by atoms with E-state index in [4.69, 9.17) is 13.3 Å². The maximum absolute atomic E-state index is 13.1. The predicted molar refractivity (Wildman–Crippen MR) is 128 cm³/mol. The summed E-state index contributed by atoms with van der Waals surface area (Å²) in [6, 6.07) is 9.15. The van der Waals surface area contributed by atoms with Crippen LogP contribution < -0.4 is 0 Å². The number of rotatable bonds is 6. The number of hydrazone groups is 1. The molecule has 1 aliphatic heterocycles. The van der Waals surface area contributed by atoms with E-state index < -0.39 is 0 Å². The van der Waals surface area contributed by atoms with Crippen LogP contribution in [0.15, 0.2) is 66.4 Å². The number of aryl methyl sites for hydroxylation is 1. The van der Waals surface area contributed by atoms with E-state index in [1.807, 2.05) is 12.1 Å². The van der Waals surface area contributed by atoms with Gasteiger partial charge in [0, 0.05) is 11.3 Å². The topological polar surface area (TPSA) is 97.9 Å². The predicted octanol–water partition coefficient (Wildman–Crippen LogP) is 5.58. The van der Waals surface area contributed by atoms with Gasteiger partial charge in [-0.15, -0.1) is 21.5 Å². The molecule has 6 rings (SSSR count). The monoisotopic (exact) mass is 494 g/mol. The SMILES string of the molecule is C[C@@H]1CCc2sc(-c3nnc(SCC(=O)N4N=C(c5ccco5)C[C@@H]4c4ccco4)o3)cc2C1. The fourth-order valence-corrected chi connectivity index (χ4v) is 6.15. The fraction of sp³-hybridized carbons (Fsp3) is 0.333. The summed E-state index contributed by atoms with van der Waals surface area (Å²) in [5.74, 6) is 2.49. The summed E-state index contributed by atoms with van der Waals surface area (Å²) < 4.78 is 16.9. The van der Waals surface area contributed by atoms with Gasteiger partial charge in [0.25, 0.3) is 17.0 Å². The van der Waals surface area contributed by atoms with Crippen LogP contribution in [0.3, 0.4) is 0 Å². The van der Waals surface area contributed by atoms with Gasteiger partial charge in [-0.2, -0.15) is 5.10 Å². The highest BCUT2D eigenvalue weighted by Crippen LogP contribution is 2.38. The Morgan fingerprint density at radius 3 is 2.91 bits per heavy atom. The average molecular weight is 495 g/mol. The summed E-state index contributed by atoms with van der Waals surface area (Å²) in [6.07, 6.45) is 7.14. The molecule has 1 aliphatic carbocycles. The molecule has 4 aromatic rings. The number of carbonyl (C=O) groups excluding carboxylic acids is 1. The first kappa shape index (κ1) is 21.4. The average Bonchev–Trinajstić information content (AvgIpc) is 3.66. The van der Waals surface area contributed by atoms with Gasteiger partial charge in [-0.25, -0.2) is 5.01 Å². The second-order valence-corrected chi connectivity index (χ2v) is 10.6. The van der Waals surface area contributed by atoms with Crippen molar-refractivity contribution < 1.29 is 18.0 Å². The molecule has 0 saturated heterocycles. The third-order valence-electron chi connectivity index (χ3n) is 6.11. The molecule has 0 radical (unpaired) electrons. The quantitative estimate of drug-likeness (QED) is 0.323. The summed E-state index contributed by atoms with van der Waals surface area (Å²) in [5, 5.41) is 14.7. The molecule has 8 nitrogen and oxygen atoms in total. The molecule has 0 saturated carbocycles. The number of hydrogen-bond acceptors (Lipinski definition) is 9. The number of carbonyl (C=O) groups is 1. The van der Waals surface area contributed by atoms with Crippen molar-refractivity contribution in [3.8, 4) is 10.8 Å². The molecule has 2 aliphatic rings. The Labute approximate surface area is 204 Å². The largest absolute Gasteiger partial charge is 0.467 e. The third kappa shape index (κ3) is 4.12. The van der Waals surface area contributed by atoms with Crippen LogP contribution in [0.5, 0.6) is 0 Å². The molecule has 34 heavy (non-hydrogen) atoms. The van der Waals surface area contributed by atoms with E-state index in [0.29, 0.717) is 40.7 Å². The molecular formula is C24H22N4O4S2. The van der Waals surface area contributed by atoms with Crippen LogP contribution in [0.25, 0.3) is 10.8 Å². The van der Waals surface area contributed by atoms with Gasteiger partial charge >= 0.3 is 0 Å². The number of thiophene rings is 1. The summed E-state index contributed by atoms with van der Waals surface area (Å²) in [7, 11) is 0. The molecule has 0 N–H and O–H groups in total. The van der Waals surface area contributed by atoms with Crippen molar-refractivity contribution in [3.05, 3.63) is 64.8 Å². The molecule has 0 unspecified atom stereocenters. The minimum Gasteiger partial charge on any atom is -0.467 e. The van der Waals surface area contributed by atoms with Crippen molar-refractivity contribution in [1.82, 2.24) is 15.2 Å². The van der Waals surface area contributed by atoms with Gasteiger partial charge in [-0.1, -0.05) is 18.7 Å². The smallest absolute Gasteiger partial charge is 0.277 e. The maximum Gasteiger partial charge on any atom is 0.277 e. The number of aromatic nitrogens is 2. The van der Waals surface area contributed by atoms with Gasteiger partial charge in [-0.05, 0) is 61.1 Å². The van der Waals surface area contributed by atoms with Crippen LogP contribution in [0.1, 0.15) is 47.8 Å². The molecule has 0 bridgehead atoms. The molecule has 4 aromatic heterocycles. The van der Waals surface area contributed by atoms with Gasteiger partial charge in [0.05, 0.1) is 23.2 Å². The van der Waals surface area contributed by atoms with E-state index >= 15 is 0 Å². The molecule has 0 aromatic carbocycles. The molecule has 10 heteroatoms. The highest BCUT2D eigenvalue weighted by atomic mass is 32.2. The minimum absolute atomic E-state index is 0.117. The van der Waals surface area contributed by atoms with E-state index in [9.17, 15) is 4.79 Å². The summed E-state index contributed by atoms with van der Waals surface area (Å²) in [4.78, 5) is 15.5. The number of nitrogens with zero attached hydrogens (tertiary/aromatic N) is 4.